The Kier molecular flexibility index (Phi) is 115. The number of carbonyl (C=O) groups is 2. The summed E-state index contributed by atoms with van der Waals surface area (Å²) in [7, 11) is 6.59. The van der Waals surface area contributed by atoms with E-state index in [1.54, 1.807) is 28.4 Å². The van der Waals surface area contributed by atoms with Crippen molar-refractivity contribution in [2.24, 2.45) is 0 Å². The van der Waals surface area contributed by atoms with E-state index in [2.05, 4.69) is 21.3 Å². The highest BCUT2D eigenvalue weighted by Crippen LogP contribution is 2.20. The molecule has 1 aromatic heterocycles. The van der Waals surface area contributed by atoms with Crippen molar-refractivity contribution in [3.63, 3.8) is 0 Å². The molecule has 0 aliphatic rings. The van der Waals surface area contributed by atoms with Crippen molar-refractivity contribution in [2.75, 3.05) is 555 Å². The minimum absolute atomic E-state index is 0.0541. The Bertz CT molecular complexity index is 2410. The van der Waals surface area contributed by atoms with Gasteiger partial charge in [0.1, 0.15) is 13.6 Å². The molecule has 830 valence electrons. The summed E-state index contributed by atoms with van der Waals surface area (Å²) >= 11 is 0. The standard InChI is InChI=1S/C92H180N6O42/c1-101-13-7-17-137-85-139-83-81-135-79-77-133-75-73-131-71-69-129-67-65-127-63-61-125-55-51-119-43-39-113-31-27-107-19-11-95-91(99)87-89(93-9-5-15-105-25-29-111-37-41-117-49-53-123-59-57-121-47-45-115-35-33-109-23-21-103-3)98-88(90(97-87)94-10-6-16-106-26-30-112-38-42-118-50-54-124-60-58-122-48-46-116-36-34-110-24-22-104-4)92(100)96-12-20-108-28-32-114-40-44-120-52-56-126-62-64-128-66-68-130-70-72-132-74-76-134-78-80-136-82-84-140-86-138-18-8-14-102-2/h5-86H2,1-4H3,(H,94,97)(H,93,98)(H,95,99)(H,96,100). The largest absolute Gasteiger partial charge is 0.385 e. The van der Waals surface area contributed by atoms with Gasteiger partial charge in [-0.25, -0.2) is 9.97 Å². The minimum Gasteiger partial charge on any atom is -0.385 e. The average molecular weight is 2040 g/mol. The summed E-state index contributed by atoms with van der Waals surface area (Å²) < 4.78 is 220. The van der Waals surface area contributed by atoms with E-state index in [9.17, 15) is 9.59 Å². The van der Waals surface area contributed by atoms with Crippen LogP contribution in [0.2, 0.25) is 0 Å². The lowest BCUT2D eigenvalue weighted by molar-refractivity contribution is -0.0758. The summed E-state index contributed by atoms with van der Waals surface area (Å²) in [6, 6.07) is 0. The summed E-state index contributed by atoms with van der Waals surface area (Å²) in [4.78, 5) is 37.8. The van der Waals surface area contributed by atoms with E-state index in [1.165, 1.54) is 0 Å². The van der Waals surface area contributed by atoms with Crippen LogP contribution < -0.4 is 21.3 Å². The number of rotatable bonds is 126. The second kappa shape index (κ2) is 120. The van der Waals surface area contributed by atoms with Crippen molar-refractivity contribution in [1.82, 2.24) is 20.6 Å². The maximum absolute atomic E-state index is 14.2. The molecule has 140 heavy (non-hydrogen) atoms. The van der Waals surface area contributed by atoms with E-state index in [0.717, 1.165) is 12.8 Å². The Morgan fingerprint density at radius 3 is 0.464 bits per heavy atom. The van der Waals surface area contributed by atoms with Gasteiger partial charge >= 0.3 is 0 Å². The lowest BCUT2D eigenvalue weighted by Gasteiger charge is -2.17. The lowest BCUT2D eigenvalue weighted by atomic mass is 10.3. The van der Waals surface area contributed by atoms with Gasteiger partial charge in [-0.15, -0.1) is 0 Å². The number of carbonyl (C=O) groups excluding carboxylic acids is 2. The molecule has 0 radical (unpaired) electrons. The fraction of sp³-hybridized carbons (Fsp3) is 0.935. The molecule has 48 nitrogen and oxygen atoms in total. The molecule has 1 heterocycles. The molecule has 0 aromatic carbocycles. The van der Waals surface area contributed by atoms with Gasteiger partial charge < -0.3 is 211 Å². The van der Waals surface area contributed by atoms with Crippen LogP contribution in [0, 0.1) is 0 Å². The Labute approximate surface area is 831 Å². The number of amides is 2. The summed E-state index contributed by atoms with van der Waals surface area (Å²) in [5, 5.41) is 12.2. The molecule has 0 bridgehead atoms. The number of hydrogen-bond donors (Lipinski definition) is 4. The third-order valence-electron chi connectivity index (χ3n) is 17.5. The van der Waals surface area contributed by atoms with Crippen LogP contribution in [0.15, 0.2) is 0 Å². The zero-order valence-electron chi connectivity index (χ0n) is 85.0. The molecule has 0 saturated heterocycles. The highest BCUT2D eigenvalue weighted by atomic mass is 16.7. The van der Waals surface area contributed by atoms with E-state index in [4.69, 9.17) is 199 Å². The topological polar surface area (TPSA) is 477 Å². The lowest BCUT2D eigenvalue weighted by Crippen LogP contribution is -2.33. The number of methoxy groups -OCH3 is 4. The van der Waals surface area contributed by atoms with Crippen molar-refractivity contribution in [3.05, 3.63) is 11.4 Å². The van der Waals surface area contributed by atoms with Gasteiger partial charge in [0.2, 0.25) is 0 Å². The summed E-state index contributed by atoms with van der Waals surface area (Å²) in [5.74, 6) is -0.952. The van der Waals surface area contributed by atoms with Gasteiger partial charge in [0, 0.05) is 81.0 Å². The molecule has 2 amide bonds. The number of anilines is 2. The summed E-state index contributed by atoms with van der Waals surface area (Å²) in [6.45, 7) is 32.4. The van der Waals surface area contributed by atoms with Gasteiger partial charge in [-0.2, -0.15) is 0 Å². The SMILES string of the molecule is COCCCOCOCCOCCOCCOCCOCCOCCOCCOCCOCCOCCNC(=O)c1nc(NCCCOCCOCCOCCOCCOCCOCCOCCOC)c(C(=O)NCCOCCOCCOCCOCCOCCOCCOCCOCCOCCOCOCCCOC)nc1NCCCOCCOCCOCCOCCOCCOCCOCCOC. The third kappa shape index (κ3) is 105. The molecular formula is C92H180N6O42. The number of hydrogen-bond acceptors (Lipinski definition) is 46. The van der Waals surface area contributed by atoms with Gasteiger partial charge in [-0.1, -0.05) is 0 Å². The molecule has 0 aliphatic carbocycles. The van der Waals surface area contributed by atoms with Crippen molar-refractivity contribution < 1.29 is 199 Å². The van der Waals surface area contributed by atoms with Gasteiger partial charge in [-0.05, 0) is 25.7 Å². The normalized spacial score (nSPS) is 11.7. The van der Waals surface area contributed by atoms with E-state index < -0.39 is 11.8 Å². The number of aromatic nitrogens is 2. The van der Waals surface area contributed by atoms with Crippen LogP contribution in [0.5, 0.6) is 0 Å². The van der Waals surface area contributed by atoms with E-state index in [-0.39, 0.29) is 76.1 Å². The Morgan fingerprint density at radius 2 is 0.293 bits per heavy atom. The molecule has 0 unspecified atom stereocenters. The molecule has 0 atom stereocenters. The van der Waals surface area contributed by atoms with Gasteiger partial charge in [-0.3, -0.25) is 9.59 Å². The van der Waals surface area contributed by atoms with Crippen LogP contribution in [0.3, 0.4) is 0 Å². The first kappa shape index (κ1) is 134. The van der Waals surface area contributed by atoms with Crippen molar-refractivity contribution in [1.29, 1.82) is 0 Å². The molecule has 0 fully saturated rings. The van der Waals surface area contributed by atoms with E-state index in [0.29, 0.717) is 475 Å². The van der Waals surface area contributed by atoms with Gasteiger partial charge in [0.25, 0.3) is 11.8 Å². The highest BCUT2D eigenvalue weighted by Gasteiger charge is 2.24. The quantitative estimate of drug-likeness (QED) is 0.0529. The molecule has 4 N–H and O–H groups in total. The second-order valence-corrected chi connectivity index (χ2v) is 28.8. The van der Waals surface area contributed by atoms with Gasteiger partial charge in [0.15, 0.2) is 23.0 Å². The number of nitrogens with zero attached hydrogens (tertiary/aromatic N) is 2. The predicted octanol–water partition coefficient (Wildman–Crippen LogP) is 1.42. The van der Waals surface area contributed by atoms with E-state index in [1.807, 2.05) is 0 Å². The van der Waals surface area contributed by atoms with Crippen LogP contribution in [-0.4, -0.2) is 566 Å². The Hall–Kier alpha value is -3.98. The molecule has 1 aromatic rings. The number of ether oxygens (including phenoxy) is 40. The molecule has 0 spiro atoms. The molecule has 48 heteroatoms. The highest BCUT2D eigenvalue weighted by molar-refractivity contribution is 6.01. The van der Waals surface area contributed by atoms with Crippen LogP contribution in [0.1, 0.15) is 46.7 Å². The molecule has 0 aliphatic heterocycles. The van der Waals surface area contributed by atoms with Crippen molar-refractivity contribution in [3.8, 4) is 0 Å². The Balaban J connectivity index is 2.68. The fourth-order valence-corrected chi connectivity index (χ4v) is 10.5. The second-order valence-electron chi connectivity index (χ2n) is 28.8. The zero-order chi connectivity index (χ0) is 100.0. The summed E-state index contributed by atoms with van der Waals surface area (Å²) in [6.07, 6.45) is 2.67. The van der Waals surface area contributed by atoms with Crippen LogP contribution in [-0.2, 0) is 189 Å². The first-order chi connectivity index (χ1) is 69.6. The summed E-state index contributed by atoms with van der Waals surface area (Å²) in [5.41, 5.74) is -0.108. The fourth-order valence-electron chi connectivity index (χ4n) is 10.5. The van der Waals surface area contributed by atoms with Gasteiger partial charge in [0.05, 0.1) is 449 Å². The van der Waals surface area contributed by atoms with Crippen LogP contribution in [0.4, 0.5) is 11.6 Å². The van der Waals surface area contributed by atoms with Crippen molar-refractivity contribution in [2.45, 2.75) is 25.7 Å². The molecular weight excluding hydrogens is 1860 g/mol. The smallest absolute Gasteiger partial charge is 0.273 e. The monoisotopic (exact) mass is 2040 g/mol. The van der Waals surface area contributed by atoms with Crippen LogP contribution in [0.25, 0.3) is 0 Å². The maximum atomic E-state index is 14.2. The minimum atomic E-state index is -0.555. The first-order valence-corrected chi connectivity index (χ1v) is 49.3. The molecule has 1 rings (SSSR count). The zero-order valence-corrected chi connectivity index (χ0v) is 85.0. The predicted molar refractivity (Wildman–Crippen MR) is 509 cm³/mol. The maximum Gasteiger partial charge on any atom is 0.273 e. The average Bonchev–Trinajstić information content (AvgIpc) is 0.803. The van der Waals surface area contributed by atoms with E-state index >= 15 is 0 Å². The third-order valence-corrected chi connectivity index (χ3v) is 17.5. The Morgan fingerprint density at radius 1 is 0.157 bits per heavy atom. The number of nitrogens with one attached hydrogen (secondary N) is 4. The first-order valence-electron chi connectivity index (χ1n) is 49.3. The molecule has 0 saturated carbocycles. The van der Waals surface area contributed by atoms with Crippen molar-refractivity contribution >= 4 is 23.5 Å². The van der Waals surface area contributed by atoms with Crippen LogP contribution >= 0.6 is 0 Å².